The van der Waals surface area contributed by atoms with E-state index in [9.17, 15) is 0 Å². The SMILES string of the molecule is c1cc(-c2ccc(N(c3ccc(-c4ccc5oc6ccccc6c5c4)cc3)c3ccccc3-c3ccc4sc5ccccc5c4c3)cc2)cc(-c2ccc3ccccc3c2)c1. The zero-order valence-corrected chi connectivity index (χ0v) is 33.9. The minimum absolute atomic E-state index is 0.904. The van der Waals surface area contributed by atoms with Gasteiger partial charge in [0.2, 0.25) is 0 Å². The summed E-state index contributed by atoms with van der Waals surface area (Å²) in [5.41, 5.74) is 14.6. The van der Waals surface area contributed by atoms with Gasteiger partial charge in [-0.3, -0.25) is 0 Å². The second-order valence-electron chi connectivity index (χ2n) is 15.7. The van der Waals surface area contributed by atoms with Gasteiger partial charge in [0.15, 0.2) is 0 Å². The van der Waals surface area contributed by atoms with Gasteiger partial charge < -0.3 is 9.32 Å². The Hall–Kier alpha value is -7.72. The number of benzene rings is 10. The van der Waals surface area contributed by atoms with E-state index in [1.807, 2.05) is 23.5 Å². The molecule has 10 aromatic carbocycles. The lowest BCUT2D eigenvalue weighted by molar-refractivity contribution is 0.669. The van der Waals surface area contributed by atoms with Crippen LogP contribution < -0.4 is 4.90 Å². The van der Waals surface area contributed by atoms with Crippen molar-refractivity contribution >= 4 is 81.3 Å². The number of hydrogen-bond donors (Lipinski definition) is 0. The van der Waals surface area contributed by atoms with E-state index in [2.05, 4.69) is 217 Å². The molecule has 2 heterocycles. The van der Waals surface area contributed by atoms with Gasteiger partial charge in [0.25, 0.3) is 0 Å². The number of hydrogen-bond acceptors (Lipinski definition) is 3. The van der Waals surface area contributed by atoms with Gasteiger partial charge in [0.1, 0.15) is 11.2 Å². The second kappa shape index (κ2) is 14.5. The topological polar surface area (TPSA) is 16.4 Å². The van der Waals surface area contributed by atoms with Crippen LogP contribution in [-0.4, -0.2) is 0 Å². The van der Waals surface area contributed by atoms with Gasteiger partial charge in [-0.15, -0.1) is 11.3 Å². The van der Waals surface area contributed by atoms with E-state index >= 15 is 0 Å². The maximum atomic E-state index is 6.15. The van der Waals surface area contributed by atoms with E-state index in [0.717, 1.165) is 50.1 Å². The van der Waals surface area contributed by atoms with Gasteiger partial charge in [-0.1, -0.05) is 146 Å². The smallest absolute Gasteiger partial charge is 0.135 e. The lowest BCUT2D eigenvalue weighted by atomic mass is 9.97. The molecule has 2 aromatic heterocycles. The molecule has 3 heteroatoms. The Morgan fingerprint density at radius 1 is 0.311 bits per heavy atom. The average molecular weight is 796 g/mol. The molecule has 0 amide bonds. The highest BCUT2D eigenvalue weighted by atomic mass is 32.1. The first-order valence-electron chi connectivity index (χ1n) is 20.7. The third-order valence-electron chi connectivity index (χ3n) is 12.1. The predicted octanol–water partition coefficient (Wildman–Crippen LogP) is 17.2. The maximum absolute atomic E-state index is 6.15. The number of nitrogens with zero attached hydrogens (tertiary/aromatic N) is 1. The van der Waals surface area contributed by atoms with Crippen LogP contribution in [0.25, 0.3) is 97.4 Å². The van der Waals surface area contributed by atoms with Gasteiger partial charge >= 0.3 is 0 Å². The normalized spacial score (nSPS) is 11.6. The number of furan rings is 1. The Morgan fingerprint density at radius 3 is 1.69 bits per heavy atom. The van der Waals surface area contributed by atoms with Gasteiger partial charge in [-0.05, 0) is 129 Å². The highest BCUT2D eigenvalue weighted by molar-refractivity contribution is 7.25. The van der Waals surface area contributed by atoms with E-state index in [0.29, 0.717) is 0 Å². The van der Waals surface area contributed by atoms with E-state index in [4.69, 9.17) is 4.42 Å². The molecule has 0 N–H and O–H groups in total. The largest absolute Gasteiger partial charge is 0.456 e. The average Bonchev–Trinajstić information content (AvgIpc) is 3.90. The molecule has 0 aliphatic carbocycles. The summed E-state index contributed by atoms with van der Waals surface area (Å²) in [5, 5.41) is 7.36. The molecule has 0 saturated heterocycles. The first kappa shape index (κ1) is 35.2. The lowest BCUT2D eigenvalue weighted by Gasteiger charge is -2.28. The van der Waals surface area contributed by atoms with Crippen LogP contribution in [0.3, 0.4) is 0 Å². The van der Waals surface area contributed by atoms with Crippen molar-refractivity contribution in [1.29, 1.82) is 0 Å². The van der Waals surface area contributed by atoms with Crippen molar-refractivity contribution < 1.29 is 4.42 Å². The molecular weight excluding hydrogens is 759 g/mol. The molecule has 0 atom stereocenters. The molecule has 2 nitrogen and oxygen atoms in total. The molecule has 0 spiro atoms. The van der Waals surface area contributed by atoms with Crippen LogP contribution in [0.4, 0.5) is 17.1 Å². The fraction of sp³-hybridized carbons (Fsp3) is 0. The van der Waals surface area contributed by atoms with Crippen molar-refractivity contribution in [2.75, 3.05) is 4.90 Å². The maximum Gasteiger partial charge on any atom is 0.135 e. The lowest BCUT2D eigenvalue weighted by Crippen LogP contribution is -2.11. The fourth-order valence-corrected chi connectivity index (χ4v) is 10.1. The fourth-order valence-electron chi connectivity index (χ4n) is 8.99. The molecule has 0 radical (unpaired) electrons. The van der Waals surface area contributed by atoms with E-state index in [1.54, 1.807) is 0 Å². The zero-order chi connectivity index (χ0) is 40.3. The molecule has 12 rings (SSSR count). The zero-order valence-electron chi connectivity index (χ0n) is 33.1. The Balaban J connectivity index is 0.954. The number of thiophene rings is 1. The summed E-state index contributed by atoms with van der Waals surface area (Å²) in [5.74, 6) is 0. The molecule has 0 aliphatic heterocycles. The number of para-hydroxylation sites is 2. The number of fused-ring (bicyclic) bond motifs is 7. The third-order valence-corrected chi connectivity index (χ3v) is 13.2. The van der Waals surface area contributed by atoms with Crippen LogP contribution in [-0.2, 0) is 0 Å². The van der Waals surface area contributed by atoms with Crippen LogP contribution in [0.1, 0.15) is 0 Å². The van der Waals surface area contributed by atoms with Gasteiger partial charge in [0, 0.05) is 47.9 Å². The number of rotatable bonds is 7. The van der Waals surface area contributed by atoms with Gasteiger partial charge in [0.05, 0.1) is 5.69 Å². The summed E-state index contributed by atoms with van der Waals surface area (Å²) in [6.07, 6.45) is 0. The summed E-state index contributed by atoms with van der Waals surface area (Å²) >= 11 is 1.85. The molecule has 0 saturated carbocycles. The Bertz CT molecular complexity index is 3590. The standard InChI is InChI=1S/C58H37NOS/c1-2-11-41-35-44(21-20-38(41)10-1)43-13-9-12-42(34-43)39-22-28-47(29-23-39)59(48-30-24-40(25-31-48)45-26-32-56-52(36-45)50-15-4-7-18-55(50)60-56)54-17-6-3-14-49(54)46-27-33-58-53(37-46)51-16-5-8-19-57(51)61-58/h1-37H. The van der Waals surface area contributed by atoms with Crippen LogP contribution in [0.15, 0.2) is 229 Å². The van der Waals surface area contributed by atoms with E-state index < -0.39 is 0 Å². The minimum Gasteiger partial charge on any atom is -0.456 e. The van der Waals surface area contributed by atoms with Crippen LogP contribution >= 0.6 is 11.3 Å². The second-order valence-corrected chi connectivity index (χ2v) is 16.8. The highest BCUT2D eigenvalue weighted by Gasteiger charge is 2.19. The molecule has 0 aliphatic rings. The van der Waals surface area contributed by atoms with Gasteiger partial charge in [-0.2, -0.15) is 0 Å². The third kappa shape index (κ3) is 6.26. The van der Waals surface area contributed by atoms with Gasteiger partial charge in [-0.25, -0.2) is 0 Å². The Kier molecular flexibility index (Phi) is 8.39. The van der Waals surface area contributed by atoms with E-state index in [-0.39, 0.29) is 0 Å². The predicted molar refractivity (Wildman–Crippen MR) is 261 cm³/mol. The summed E-state index contributed by atoms with van der Waals surface area (Å²) in [6.45, 7) is 0. The van der Waals surface area contributed by atoms with Crippen LogP contribution in [0, 0.1) is 0 Å². The number of anilines is 3. The summed E-state index contributed by atoms with van der Waals surface area (Å²) < 4.78 is 8.77. The van der Waals surface area contributed by atoms with Crippen molar-refractivity contribution in [2.24, 2.45) is 0 Å². The van der Waals surface area contributed by atoms with Crippen molar-refractivity contribution in [2.45, 2.75) is 0 Å². The quantitative estimate of drug-likeness (QED) is 0.160. The molecule has 61 heavy (non-hydrogen) atoms. The summed E-state index contributed by atoms with van der Waals surface area (Å²) in [4.78, 5) is 2.40. The molecule has 0 unspecified atom stereocenters. The first-order chi connectivity index (χ1) is 30.2. The molecule has 0 bridgehead atoms. The molecular formula is C58H37NOS. The van der Waals surface area contributed by atoms with Crippen LogP contribution in [0.5, 0.6) is 0 Å². The highest BCUT2D eigenvalue weighted by Crippen LogP contribution is 2.44. The van der Waals surface area contributed by atoms with Crippen LogP contribution in [0.2, 0.25) is 0 Å². The monoisotopic (exact) mass is 795 g/mol. The summed E-state index contributed by atoms with van der Waals surface area (Å²) in [7, 11) is 0. The Labute approximate surface area is 357 Å². The van der Waals surface area contributed by atoms with Crippen molar-refractivity contribution in [1.82, 2.24) is 0 Å². The first-order valence-corrected chi connectivity index (χ1v) is 21.5. The Morgan fingerprint density at radius 2 is 0.869 bits per heavy atom. The molecule has 286 valence electrons. The summed E-state index contributed by atoms with van der Waals surface area (Å²) in [6, 6.07) is 81.4. The van der Waals surface area contributed by atoms with Crippen molar-refractivity contribution in [3.8, 4) is 44.5 Å². The molecule has 12 aromatic rings. The van der Waals surface area contributed by atoms with Crippen molar-refractivity contribution in [3.63, 3.8) is 0 Å². The van der Waals surface area contributed by atoms with E-state index in [1.165, 1.54) is 64.3 Å². The van der Waals surface area contributed by atoms with Crippen molar-refractivity contribution in [3.05, 3.63) is 224 Å². The molecule has 0 fully saturated rings. The minimum atomic E-state index is 0.904.